The van der Waals surface area contributed by atoms with Crippen molar-refractivity contribution in [2.45, 2.75) is 39.8 Å². The lowest BCUT2D eigenvalue weighted by Crippen LogP contribution is -2.38. The number of rotatable bonds is 7. The summed E-state index contributed by atoms with van der Waals surface area (Å²) in [6.07, 6.45) is 6.54. The number of nitrogens with zero attached hydrogens (tertiary/aromatic N) is 5. The molecule has 3 rings (SSSR count). The molecular formula is C23H34N6. The molecule has 1 aromatic carbocycles. The van der Waals surface area contributed by atoms with Crippen LogP contribution in [0.25, 0.3) is 0 Å². The lowest BCUT2D eigenvalue weighted by atomic mass is 10.1. The zero-order chi connectivity index (χ0) is 20.8. The maximum Gasteiger partial charge on any atom is 0.194 e. The van der Waals surface area contributed by atoms with Crippen LogP contribution in [-0.4, -0.2) is 47.3 Å². The minimum Gasteiger partial charge on any atom is -0.364 e. The number of hydrogen-bond acceptors (Lipinski definition) is 3. The van der Waals surface area contributed by atoms with Gasteiger partial charge in [0.2, 0.25) is 0 Å². The second-order valence-corrected chi connectivity index (χ2v) is 7.94. The standard InChI is InChI=1S/C23H34N6/c1-6-24-23(27(4)16-20-17-28(5)26-22(20)18(2)3)25-15-19-9-11-21(12-10-19)29-13-7-8-14-29/h7-12,17-18H,6,13-16H2,1-5H3,(H,24,25). The number of benzene rings is 1. The first-order chi connectivity index (χ1) is 14.0. The van der Waals surface area contributed by atoms with E-state index in [4.69, 9.17) is 4.99 Å². The molecule has 29 heavy (non-hydrogen) atoms. The van der Waals surface area contributed by atoms with Crippen molar-refractivity contribution in [3.8, 4) is 0 Å². The summed E-state index contributed by atoms with van der Waals surface area (Å²) in [6, 6.07) is 8.75. The van der Waals surface area contributed by atoms with Gasteiger partial charge in [-0.05, 0) is 30.5 Å². The maximum absolute atomic E-state index is 4.87. The fraction of sp³-hybridized carbons (Fsp3) is 0.478. The molecule has 0 bridgehead atoms. The van der Waals surface area contributed by atoms with Crippen molar-refractivity contribution < 1.29 is 0 Å². The highest BCUT2D eigenvalue weighted by Gasteiger charge is 2.15. The SMILES string of the molecule is CCNC(=NCc1ccc(N2CC=CC2)cc1)N(C)Cc1cn(C)nc1C(C)C. The van der Waals surface area contributed by atoms with E-state index in [2.05, 4.69) is 90.6 Å². The average Bonchev–Trinajstić information content (AvgIpc) is 3.35. The molecule has 2 aromatic rings. The number of hydrogen-bond donors (Lipinski definition) is 1. The van der Waals surface area contributed by atoms with E-state index >= 15 is 0 Å². The first kappa shape index (κ1) is 21.0. The highest BCUT2D eigenvalue weighted by atomic mass is 15.3. The van der Waals surface area contributed by atoms with Gasteiger partial charge in [0.05, 0.1) is 12.2 Å². The Balaban J connectivity index is 1.67. The van der Waals surface area contributed by atoms with Crippen LogP contribution in [0.3, 0.4) is 0 Å². The smallest absolute Gasteiger partial charge is 0.194 e. The molecule has 1 aliphatic heterocycles. The molecule has 6 heteroatoms. The largest absolute Gasteiger partial charge is 0.364 e. The van der Waals surface area contributed by atoms with Crippen LogP contribution in [-0.2, 0) is 20.1 Å². The van der Waals surface area contributed by atoms with Gasteiger partial charge in [-0.15, -0.1) is 0 Å². The topological polar surface area (TPSA) is 48.7 Å². The molecule has 0 radical (unpaired) electrons. The van der Waals surface area contributed by atoms with Gasteiger partial charge in [-0.25, -0.2) is 4.99 Å². The number of anilines is 1. The average molecular weight is 395 g/mol. The third kappa shape index (κ3) is 5.40. The predicted molar refractivity (Wildman–Crippen MR) is 121 cm³/mol. The Labute approximate surface area is 174 Å². The van der Waals surface area contributed by atoms with Crippen molar-refractivity contribution in [1.29, 1.82) is 0 Å². The third-order valence-corrected chi connectivity index (χ3v) is 5.12. The van der Waals surface area contributed by atoms with Crippen LogP contribution in [0, 0.1) is 0 Å². The van der Waals surface area contributed by atoms with Crippen LogP contribution in [0.5, 0.6) is 0 Å². The number of aromatic nitrogens is 2. The monoisotopic (exact) mass is 394 g/mol. The number of nitrogens with one attached hydrogen (secondary N) is 1. The fourth-order valence-electron chi connectivity index (χ4n) is 3.63. The van der Waals surface area contributed by atoms with E-state index in [0.29, 0.717) is 12.5 Å². The molecule has 1 aliphatic rings. The number of aryl methyl sites for hydroxylation is 1. The van der Waals surface area contributed by atoms with Gasteiger partial charge in [-0.2, -0.15) is 5.10 Å². The molecule has 0 amide bonds. The molecule has 0 unspecified atom stereocenters. The summed E-state index contributed by atoms with van der Waals surface area (Å²) < 4.78 is 1.90. The van der Waals surface area contributed by atoms with Crippen LogP contribution >= 0.6 is 0 Å². The van der Waals surface area contributed by atoms with Crippen LogP contribution in [0.2, 0.25) is 0 Å². The van der Waals surface area contributed by atoms with Crippen molar-refractivity contribution in [1.82, 2.24) is 20.0 Å². The molecule has 1 aromatic heterocycles. The van der Waals surface area contributed by atoms with E-state index in [0.717, 1.165) is 37.8 Å². The van der Waals surface area contributed by atoms with Gasteiger partial charge < -0.3 is 15.1 Å². The second-order valence-electron chi connectivity index (χ2n) is 7.94. The quantitative estimate of drug-likeness (QED) is 0.443. The fourth-order valence-corrected chi connectivity index (χ4v) is 3.63. The van der Waals surface area contributed by atoms with Crippen LogP contribution < -0.4 is 10.2 Å². The van der Waals surface area contributed by atoms with Gasteiger partial charge >= 0.3 is 0 Å². The first-order valence-electron chi connectivity index (χ1n) is 10.5. The third-order valence-electron chi connectivity index (χ3n) is 5.12. The Morgan fingerprint density at radius 3 is 2.52 bits per heavy atom. The second kappa shape index (κ2) is 9.63. The van der Waals surface area contributed by atoms with Crippen LogP contribution in [0.15, 0.2) is 47.6 Å². The summed E-state index contributed by atoms with van der Waals surface area (Å²) in [5, 5.41) is 8.04. The first-order valence-corrected chi connectivity index (χ1v) is 10.5. The zero-order valence-corrected chi connectivity index (χ0v) is 18.4. The van der Waals surface area contributed by atoms with E-state index in [1.807, 2.05) is 11.7 Å². The molecule has 0 saturated heterocycles. The van der Waals surface area contributed by atoms with Crippen LogP contribution in [0.1, 0.15) is 43.5 Å². The van der Waals surface area contributed by atoms with Gasteiger partial charge in [0.15, 0.2) is 5.96 Å². The van der Waals surface area contributed by atoms with Gasteiger partial charge in [-0.3, -0.25) is 4.68 Å². The van der Waals surface area contributed by atoms with E-state index in [1.54, 1.807) is 0 Å². The van der Waals surface area contributed by atoms with E-state index in [-0.39, 0.29) is 0 Å². The van der Waals surface area contributed by atoms with E-state index in [1.165, 1.54) is 16.8 Å². The summed E-state index contributed by atoms with van der Waals surface area (Å²) in [4.78, 5) is 9.40. The molecule has 0 fully saturated rings. The number of aliphatic imine (C=N–C) groups is 1. The van der Waals surface area contributed by atoms with Gasteiger partial charge in [0, 0.05) is 57.7 Å². The predicted octanol–water partition coefficient (Wildman–Crippen LogP) is 3.52. The van der Waals surface area contributed by atoms with Crippen molar-refractivity contribution >= 4 is 11.6 Å². The van der Waals surface area contributed by atoms with E-state index in [9.17, 15) is 0 Å². The zero-order valence-electron chi connectivity index (χ0n) is 18.4. The Bertz CT molecular complexity index is 839. The normalized spacial score (nSPS) is 14.1. The van der Waals surface area contributed by atoms with Crippen molar-refractivity contribution in [2.24, 2.45) is 12.0 Å². The summed E-state index contributed by atoms with van der Waals surface area (Å²) in [5.41, 5.74) is 4.89. The summed E-state index contributed by atoms with van der Waals surface area (Å²) in [5.74, 6) is 1.32. The minimum atomic E-state index is 0.406. The summed E-state index contributed by atoms with van der Waals surface area (Å²) in [6.45, 7) is 10.8. The van der Waals surface area contributed by atoms with Crippen molar-refractivity contribution in [3.05, 3.63) is 59.4 Å². The lowest BCUT2D eigenvalue weighted by Gasteiger charge is -2.22. The Hall–Kier alpha value is -2.76. The lowest BCUT2D eigenvalue weighted by molar-refractivity contribution is 0.473. The van der Waals surface area contributed by atoms with Gasteiger partial charge in [0.25, 0.3) is 0 Å². The Kier molecular flexibility index (Phi) is 6.96. The molecule has 0 spiro atoms. The molecule has 156 valence electrons. The highest BCUT2D eigenvalue weighted by molar-refractivity contribution is 5.79. The summed E-state index contributed by atoms with van der Waals surface area (Å²) in [7, 11) is 4.07. The van der Waals surface area contributed by atoms with Crippen molar-refractivity contribution in [3.63, 3.8) is 0 Å². The molecule has 0 aliphatic carbocycles. The molecular weight excluding hydrogens is 360 g/mol. The van der Waals surface area contributed by atoms with Crippen molar-refractivity contribution in [2.75, 3.05) is 31.6 Å². The molecule has 1 N–H and O–H groups in total. The molecule has 0 atom stereocenters. The maximum atomic E-state index is 4.87. The van der Waals surface area contributed by atoms with E-state index < -0.39 is 0 Å². The molecule has 2 heterocycles. The Morgan fingerprint density at radius 2 is 1.90 bits per heavy atom. The van der Waals surface area contributed by atoms with Gasteiger partial charge in [-0.1, -0.05) is 38.1 Å². The molecule has 6 nitrogen and oxygen atoms in total. The minimum absolute atomic E-state index is 0.406. The number of guanidine groups is 1. The highest BCUT2D eigenvalue weighted by Crippen LogP contribution is 2.19. The van der Waals surface area contributed by atoms with Crippen LogP contribution in [0.4, 0.5) is 5.69 Å². The van der Waals surface area contributed by atoms with Gasteiger partial charge in [0.1, 0.15) is 0 Å². The summed E-state index contributed by atoms with van der Waals surface area (Å²) >= 11 is 0. The molecule has 0 saturated carbocycles. The Morgan fingerprint density at radius 1 is 1.21 bits per heavy atom.